The van der Waals surface area contributed by atoms with Crippen molar-refractivity contribution in [2.24, 2.45) is 0 Å². The summed E-state index contributed by atoms with van der Waals surface area (Å²) in [6.45, 7) is 0.196. The van der Waals surface area contributed by atoms with Gasteiger partial charge in [0, 0.05) is 12.1 Å². The normalized spacial score (nSPS) is 11.0. The molecule has 23 heavy (non-hydrogen) atoms. The van der Waals surface area contributed by atoms with E-state index >= 15 is 0 Å². The molecule has 0 saturated carbocycles. The quantitative estimate of drug-likeness (QED) is 0.893. The number of nitriles is 1. The van der Waals surface area contributed by atoms with Crippen molar-refractivity contribution in [2.45, 2.75) is 11.5 Å². The minimum atomic E-state index is -3.98. The minimum Gasteiger partial charge on any atom is -0.380 e. The number of rotatable bonds is 5. The number of ether oxygens (including phenoxy) is 1. The minimum absolute atomic E-state index is 0.00821. The van der Waals surface area contributed by atoms with Gasteiger partial charge in [0.2, 0.25) is 0 Å². The number of halogens is 2. The SMILES string of the molecule is COCc1cc(Cl)cc(S(=O)(=O)Nc2cc(F)cc(C#N)c2)c1. The molecule has 0 saturated heterocycles. The predicted molar refractivity (Wildman–Crippen MR) is 84.1 cm³/mol. The summed E-state index contributed by atoms with van der Waals surface area (Å²) in [6.07, 6.45) is 0. The third-order valence-electron chi connectivity index (χ3n) is 2.83. The molecule has 0 heterocycles. The fourth-order valence-electron chi connectivity index (χ4n) is 1.95. The predicted octanol–water partition coefficient (Wildman–Crippen LogP) is 3.30. The van der Waals surface area contributed by atoms with E-state index in [0.29, 0.717) is 5.56 Å². The maximum Gasteiger partial charge on any atom is 0.261 e. The molecule has 2 aromatic carbocycles. The Kier molecular flexibility index (Phi) is 5.21. The molecule has 0 radical (unpaired) electrons. The van der Waals surface area contributed by atoms with Crippen LogP contribution in [0.5, 0.6) is 0 Å². The van der Waals surface area contributed by atoms with Crippen molar-refractivity contribution in [3.05, 3.63) is 58.4 Å². The topological polar surface area (TPSA) is 79.2 Å². The van der Waals surface area contributed by atoms with Crippen LogP contribution in [0, 0.1) is 17.1 Å². The van der Waals surface area contributed by atoms with Crippen LogP contribution in [-0.2, 0) is 21.4 Å². The maximum atomic E-state index is 13.4. The molecular formula is C15H12ClFN2O3S. The second kappa shape index (κ2) is 6.96. The molecule has 0 aliphatic rings. The number of methoxy groups -OCH3 is 1. The molecule has 2 aromatic rings. The Bertz CT molecular complexity index is 879. The van der Waals surface area contributed by atoms with Crippen LogP contribution in [-0.4, -0.2) is 15.5 Å². The van der Waals surface area contributed by atoms with E-state index < -0.39 is 15.8 Å². The standard InChI is InChI=1S/C15H12ClFN2O3S/c1-22-9-11-2-12(16)6-15(5-11)23(20,21)19-14-4-10(8-18)3-13(17)7-14/h2-7,19H,9H2,1H3. The molecule has 0 aliphatic heterocycles. The third-order valence-corrected chi connectivity index (χ3v) is 4.41. The van der Waals surface area contributed by atoms with E-state index in [0.717, 1.165) is 12.1 Å². The van der Waals surface area contributed by atoms with E-state index in [1.54, 1.807) is 12.1 Å². The summed E-state index contributed by atoms with van der Waals surface area (Å²) in [4.78, 5) is -0.0835. The van der Waals surface area contributed by atoms with Gasteiger partial charge in [0.25, 0.3) is 10.0 Å². The molecule has 0 atom stereocenters. The first kappa shape index (κ1) is 17.2. The van der Waals surface area contributed by atoms with Gasteiger partial charge >= 0.3 is 0 Å². The summed E-state index contributed by atoms with van der Waals surface area (Å²) in [5, 5.41) is 9.04. The number of nitrogens with one attached hydrogen (secondary N) is 1. The van der Waals surface area contributed by atoms with E-state index in [2.05, 4.69) is 4.72 Å². The van der Waals surface area contributed by atoms with Crippen LogP contribution in [0.4, 0.5) is 10.1 Å². The van der Waals surface area contributed by atoms with Crippen molar-refractivity contribution in [2.75, 3.05) is 11.8 Å². The molecule has 0 aromatic heterocycles. The van der Waals surface area contributed by atoms with E-state index in [1.807, 2.05) is 0 Å². The summed E-state index contributed by atoms with van der Waals surface area (Å²) in [7, 11) is -2.51. The first-order chi connectivity index (χ1) is 10.8. The zero-order valence-electron chi connectivity index (χ0n) is 12.0. The molecule has 0 aliphatic carbocycles. The molecule has 0 fully saturated rings. The number of anilines is 1. The molecule has 0 unspecified atom stereocenters. The Balaban J connectivity index is 2.40. The summed E-state index contributed by atoms with van der Waals surface area (Å²) >= 11 is 5.92. The van der Waals surface area contributed by atoms with Crippen LogP contribution in [0.3, 0.4) is 0 Å². The van der Waals surface area contributed by atoms with Gasteiger partial charge in [0.1, 0.15) is 5.82 Å². The van der Waals surface area contributed by atoms with Crippen molar-refractivity contribution in [3.63, 3.8) is 0 Å². The smallest absolute Gasteiger partial charge is 0.261 e. The maximum absolute atomic E-state index is 13.4. The highest BCUT2D eigenvalue weighted by molar-refractivity contribution is 7.92. The zero-order valence-corrected chi connectivity index (χ0v) is 13.6. The van der Waals surface area contributed by atoms with Crippen LogP contribution in [0.15, 0.2) is 41.3 Å². The Morgan fingerprint density at radius 3 is 2.65 bits per heavy atom. The molecule has 120 valence electrons. The van der Waals surface area contributed by atoms with Crippen LogP contribution >= 0.6 is 11.6 Å². The average molecular weight is 355 g/mol. The Labute approximate surface area is 138 Å². The summed E-state index contributed by atoms with van der Waals surface area (Å²) in [6, 6.07) is 9.25. The Morgan fingerprint density at radius 2 is 2.00 bits per heavy atom. The van der Waals surface area contributed by atoms with Crippen LogP contribution in [0.2, 0.25) is 5.02 Å². The van der Waals surface area contributed by atoms with Crippen molar-refractivity contribution in [3.8, 4) is 6.07 Å². The second-order valence-corrected chi connectivity index (χ2v) is 6.79. The van der Waals surface area contributed by atoms with E-state index in [-0.39, 0.29) is 27.8 Å². The van der Waals surface area contributed by atoms with Crippen molar-refractivity contribution >= 4 is 27.3 Å². The van der Waals surface area contributed by atoms with Gasteiger partial charge in [0.05, 0.1) is 28.8 Å². The van der Waals surface area contributed by atoms with Gasteiger partial charge in [-0.3, -0.25) is 4.72 Å². The van der Waals surface area contributed by atoms with Gasteiger partial charge in [-0.25, -0.2) is 12.8 Å². The fraction of sp³-hybridized carbons (Fsp3) is 0.133. The molecule has 8 heteroatoms. The van der Waals surface area contributed by atoms with E-state index in [4.69, 9.17) is 21.6 Å². The number of hydrogen-bond donors (Lipinski definition) is 1. The molecule has 0 bridgehead atoms. The van der Waals surface area contributed by atoms with Gasteiger partial charge in [-0.2, -0.15) is 5.26 Å². The lowest BCUT2D eigenvalue weighted by molar-refractivity contribution is 0.184. The third kappa shape index (κ3) is 4.42. The molecule has 1 N–H and O–H groups in total. The highest BCUT2D eigenvalue weighted by Gasteiger charge is 2.17. The molecule has 5 nitrogen and oxygen atoms in total. The largest absolute Gasteiger partial charge is 0.380 e. The van der Waals surface area contributed by atoms with Crippen molar-refractivity contribution in [1.82, 2.24) is 0 Å². The zero-order chi connectivity index (χ0) is 17.0. The lowest BCUT2D eigenvalue weighted by Gasteiger charge is -2.10. The number of sulfonamides is 1. The monoisotopic (exact) mass is 354 g/mol. The number of benzene rings is 2. The van der Waals surface area contributed by atoms with Crippen molar-refractivity contribution < 1.29 is 17.5 Å². The van der Waals surface area contributed by atoms with Crippen molar-refractivity contribution in [1.29, 1.82) is 5.26 Å². The summed E-state index contributed by atoms with van der Waals surface area (Å²) in [5.74, 6) is -0.715. The lowest BCUT2D eigenvalue weighted by Crippen LogP contribution is -2.13. The van der Waals surface area contributed by atoms with Gasteiger partial charge in [-0.15, -0.1) is 0 Å². The molecule has 2 rings (SSSR count). The van der Waals surface area contributed by atoms with Gasteiger partial charge in [-0.05, 0) is 42.0 Å². The van der Waals surface area contributed by atoms with Crippen LogP contribution in [0.25, 0.3) is 0 Å². The summed E-state index contributed by atoms with van der Waals surface area (Å²) < 4.78 is 45.4. The highest BCUT2D eigenvalue weighted by atomic mass is 35.5. The summed E-state index contributed by atoms with van der Waals surface area (Å²) in [5.41, 5.74) is 0.543. The van der Waals surface area contributed by atoms with Gasteiger partial charge in [0.15, 0.2) is 0 Å². The van der Waals surface area contributed by atoms with Gasteiger partial charge in [-0.1, -0.05) is 11.6 Å². The average Bonchev–Trinajstić information content (AvgIpc) is 2.45. The van der Waals surface area contributed by atoms with E-state index in [9.17, 15) is 12.8 Å². The first-order valence-electron chi connectivity index (χ1n) is 6.36. The van der Waals surface area contributed by atoms with Crippen LogP contribution in [0.1, 0.15) is 11.1 Å². The fourth-order valence-corrected chi connectivity index (χ4v) is 3.41. The second-order valence-electron chi connectivity index (χ2n) is 4.67. The first-order valence-corrected chi connectivity index (χ1v) is 8.22. The van der Waals surface area contributed by atoms with Crippen LogP contribution < -0.4 is 4.72 Å². The Hall–Kier alpha value is -2.14. The van der Waals surface area contributed by atoms with E-state index in [1.165, 1.54) is 25.3 Å². The number of hydrogen-bond acceptors (Lipinski definition) is 4. The molecule has 0 spiro atoms. The molecule has 0 amide bonds. The van der Waals surface area contributed by atoms with Gasteiger partial charge < -0.3 is 4.74 Å². The Morgan fingerprint density at radius 1 is 1.26 bits per heavy atom. The number of nitrogens with zero attached hydrogens (tertiary/aromatic N) is 1. The lowest BCUT2D eigenvalue weighted by atomic mass is 10.2. The highest BCUT2D eigenvalue weighted by Crippen LogP contribution is 2.23. The molecular weight excluding hydrogens is 343 g/mol.